The summed E-state index contributed by atoms with van der Waals surface area (Å²) in [7, 11) is 0. The summed E-state index contributed by atoms with van der Waals surface area (Å²) in [5, 5.41) is 2.55. The first-order valence-corrected chi connectivity index (χ1v) is 5.63. The van der Waals surface area contributed by atoms with Crippen LogP contribution in [0.3, 0.4) is 0 Å². The minimum absolute atomic E-state index is 0.299. The monoisotopic (exact) mass is 252 g/mol. The summed E-state index contributed by atoms with van der Waals surface area (Å²) in [5.41, 5.74) is -0.0150. The van der Waals surface area contributed by atoms with Crippen molar-refractivity contribution in [3.8, 4) is 0 Å². The summed E-state index contributed by atoms with van der Waals surface area (Å²) in [5.74, 6) is -0.530. The number of nitrogens with one attached hydrogen (secondary N) is 1. The molecule has 1 amide bonds. The van der Waals surface area contributed by atoms with Crippen LogP contribution in [0.15, 0.2) is 24.3 Å². The maximum absolute atomic E-state index is 12.8. The number of ether oxygens (including phenoxy) is 1. The molecule has 18 heavy (non-hydrogen) atoms. The number of carbonyl (C=O) groups is 1. The van der Waals surface area contributed by atoms with Crippen molar-refractivity contribution in [2.75, 3.05) is 6.54 Å². The molecule has 0 fully saturated rings. The van der Waals surface area contributed by atoms with Crippen molar-refractivity contribution in [1.29, 1.82) is 0 Å². The fraction of sp³-hybridized carbons (Fsp3) is 0.385. The van der Waals surface area contributed by atoms with Crippen LogP contribution in [0.5, 0.6) is 0 Å². The number of rotatable bonds is 3. The van der Waals surface area contributed by atoms with Crippen molar-refractivity contribution in [3.05, 3.63) is 35.9 Å². The summed E-state index contributed by atoms with van der Waals surface area (Å²) >= 11 is 0. The maximum atomic E-state index is 12.8. The van der Waals surface area contributed by atoms with Crippen molar-refractivity contribution in [1.82, 2.24) is 10.3 Å². The molecule has 0 aliphatic heterocycles. The molecule has 0 aliphatic carbocycles. The first-order valence-electron chi connectivity index (χ1n) is 5.63. The average Bonchev–Trinajstić information content (AvgIpc) is 2.22. The minimum Gasteiger partial charge on any atom is -0.444 e. The Labute approximate surface area is 106 Å². The molecule has 0 aromatic carbocycles. The van der Waals surface area contributed by atoms with E-state index in [9.17, 15) is 9.18 Å². The van der Waals surface area contributed by atoms with Gasteiger partial charge in [0.15, 0.2) is 0 Å². The Morgan fingerprint density at radius 1 is 1.50 bits per heavy atom. The molecule has 5 heteroatoms. The normalized spacial score (nSPS) is 11.6. The van der Waals surface area contributed by atoms with Crippen molar-refractivity contribution in [2.45, 2.75) is 26.4 Å². The first-order chi connectivity index (χ1) is 8.37. The van der Waals surface area contributed by atoms with Crippen molar-refractivity contribution in [3.63, 3.8) is 0 Å². The molecule has 0 bridgehead atoms. The van der Waals surface area contributed by atoms with Gasteiger partial charge in [-0.05, 0) is 39.0 Å². The summed E-state index contributed by atoms with van der Waals surface area (Å²) in [6.45, 7) is 5.67. The number of alkyl carbamates (subject to hydrolysis) is 1. The van der Waals surface area contributed by atoms with E-state index in [0.29, 0.717) is 12.2 Å². The summed E-state index contributed by atoms with van der Waals surface area (Å²) in [6.07, 6.45) is 2.81. The summed E-state index contributed by atoms with van der Waals surface area (Å²) in [4.78, 5) is 14.9. The zero-order chi connectivity index (χ0) is 13.6. The molecule has 1 rings (SSSR count). The summed E-state index contributed by atoms with van der Waals surface area (Å²) in [6, 6.07) is 4.52. The predicted molar refractivity (Wildman–Crippen MR) is 67.5 cm³/mol. The highest BCUT2D eigenvalue weighted by molar-refractivity contribution is 5.68. The highest BCUT2D eigenvalue weighted by Crippen LogP contribution is 2.06. The van der Waals surface area contributed by atoms with Gasteiger partial charge in [-0.25, -0.2) is 9.78 Å². The van der Waals surface area contributed by atoms with Gasteiger partial charge in [0.2, 0.25) is 5.95 Å². The fourth-order valence-electron chi connectivity index (χ4n) is 1.15. The Morgan fingerprint density at radius 2 is 2.22 bits per heavy atom. The highest BCUT2D eigenvalue weighted by atomic mass is 19.1. The number of hydrogen-bond acceptors (Lipinski definition) is 3. The Bertz CT molecular complexity index is 439. The van der Waals surface area contributed by atoms with E-state index in [4.69, 9.17) is 4.74 Å². The third kappa shape index (κ3) is 5.98. The summed E-state index contributed by atoms with van der Waals surface area (Å²) < 4.78 is 17.8. The van der Waals surface area contributed by atoms with Crippen LogP contribution in [-0.2, 0) is 4.74 Å². The van der Waals surface area contributed by atoms with Crippen LogP contribution in [-0.4, -0.2) is 23.2 Å². The lowest BCUT2D eigenvalue weighted by Crippen LogP contribution is -2.32. The molecular weight excluding hydrogens is 235 g/mol. The van der Waals surface area contributed by atoms with Crippen LogP contribution in [0.4, 0.5) is 9.18 Å². The van der Waals surface area contributed by atoms with Gasteiger partial charge >= 0.3 is 6.09 Å². The number of nitrogens with zero attached hydrogens (tertiary/aromatic N) is 1. The third-order valence-electron chi connectivity index (χ3n) is 1.79. The van der Waals surface area contributed by atoms with E-state index in [0.717, 1.165) is 0 Å². The van der Waals surface area contributed by atoms with Gasteiger partial charge in [-0.3, -0.25) is 0 Å². The second-order valence-corrected chi connectivity index (χ2v) is 4.67. The van der Waals surface area contributed by atoms with Crippen LogP contribution in [0.1, 0.15) is 26.5 Å². The van der Waals surface area contributed by atoms with Crippen molar-refractivity contribution >= 4 is 12.2 Å². The molecule has 0 atom stereocenters. The minimum atomic E-state index is -0.530. The van der Waals surface area contributed by atoms with E-state index < -0.39 is 17.6 Å². The smallest absolute Gasteiger partial charge is 0.407 e. The van der Waals surface area contributed by atoms with Gasteiger partial charge in [0.1, 0.15) is 5.60 Å². The molecule has 1 aromatic heterocycles. The van der Waals surface area contributed by atoms with E-state index in [1.807, 2.05) is 0 Å². The van der Waals surface area contributed by atoms with Crippen molar-refractivity contribution in [2.24, 2.45) is 0 Å². The van der Waals surface area contributed by atoms with Gasteiger partial charge in [-0.1, -0.05) is 12.1 Å². The highest BCUT2D eigenvalue weighted by Gasteiger charge is 2.14. The number of aromatic nitrogens is 1. The number of amides is 1. The van der Waals surface area contributed by atoms with Gasteiger partial charge in [0.25, 0.3) is 0 Å². The van der Waals surface area contributed by atoms with Crippen LogP contribution in [0.2, 0.25) is 0 Å². The molecule has 1 aromatic rings. The second kappa shape index (κ2) is 6.14. The number of halogens is 1. The predicted octanol–water partition coefficient (Wildman–Crippen LogP) is 2.76. The molecule has 0 spiro atoms. The Kier molecular flexibility index (Phi) is 4.83. The molecule has 0 saturated heterocycles. The Balaban J connectivity index is 2.36. The van der Waals surface area contributed by atoms with Gasteiger partial charge < -0.3 is 10.1 Å². The van der Waals surface area contributed by atoms with Crippen LogP contribution < -0.4 is 5.32 Å². The van der Waals surface area contributed by atoms with E-state index in [1.165, 1.54) is 6.07 Å². The average molecular weight is 252 g/mol. The second-order valence-electron chi connectivity index (χ2n) is 4.67. The number of hydrogen-bond donors (Lipinski definition) is 1. The lowest BCUT2D eigenvalue weighted by atomic mass is 10.2. The Hall–Kier alpha value is -1.91. The molecule has 98 valence electrons. The molecular formula is C13H17FN2O2. The van der Waals surface area contributed by atoms with Gasteiger partial charge in [0.05, 0.1) is 5.69 Å². The lowest BCUT2D eigenvalue weighted by Gasteiger charge is -2.19. The van der Waals surface area contributed by atoms with Gasteiger partial charge in [-0.15, -0.1) is 0 Å². The zero-order valence-electron chi connectivity index (χ0n) is 10.7. The zero-order valence-corrected chi connectivity index (χ0v) is 10.7. The van der Waals surface area contributed by atoms with E-state index in [2.05, 4.69) is 10.3 Å². The van der Waals surface area contributed by atoms with Crippen LogP contribution >= 0.6 is 0 Å². The standard InChI is InChI=1S/C13H17FN2O2/c1-13(2,3)18-12(17)15-9-5-7-10-6-4-8-11(14)16-10/h4-8H,9H2,1-3H3,(H,15,17). The van der Waals surface area contributed by atoms with E-state index in [-0.39, 0.29) is 0 Å². The molecule has 1 N–H and O–H groups in total. The van der Waals surface area contributed by atoms with E-state index >= 15 is 0 Å². The molecule has 0 radical (unpaired) electrons. The van der Waals surface area contributed by atoms with Gasteiger partial charge in [0, 0.05) is 6.54 Å². The third-order valence-corrected chi connectivity index (χ3v) is 1.79. The quantitative estimate of drug-likeness (QED) is 0.841. The molecule has 0 aliphatic rings. The Morgan fingerprint density at radius 3 is 2.83 bits per heavy atom. The SMILES string of the molecule is CC(C)(C)OC(=O)NCC=Cc1cccc(F)n1. The lowest BCUT2D eigenvalue weighted by molar-refractivity contribution is 0.0534. The van der Waals surface area contributed by atoms with Gasteiger partial charge in [-0.2, -0.15) is 4.39 Å². The number of pyridine rings is 1. The molecule has 0 saturated carbocycles. The largest absolute Gasteiger partial charge is 0.444 e. The number of carbonyl (C=O) groups excluding carboxylic acids is 1. The maximum Gasteiger partial charge on any atom is 0.407 e. The first kappa shape index (κ1) is 14.2. The molecule has 1 heterocycles. The van der Waals surface area contributed by atoms with Crippen molar-refractivity contribution < 1.29 is 13.9 Å². The topological polar surface area (TPSA) is 51.2 Å². The van der Waals surface area contributed by atoms with Crippen LogP contribution in [0, 0.1) is 5.95 Å². The molecule has 0 unspecified atom stereocenters. The van der Waals surface area contributed by atoms with E-state index in [1.54, 1.807) is 45.1 Å². The molecule has 4 nitrogen and oxygen atoms in total. The van der Waals surface area contributed by atoms with Crippen LogP contribution in [0.25, 0.3) is 6.08 Å². The fourth-order valence-corrected chi connectivity index (χ4v) is 1.15.